The molecule has 0 bridgehead atoms. The lowest BCUT2D eigenvalue weighted by Crippen LogP contribution is -2.17. The van der Waals surface area contributed by atoms with Crippen LogP contribution in [0.25, 0.3) is 16.4 Å². The van der Waals surface area contributed by atoms with Crippen LogP contribution in [0, 0.1) is 6.92 Å². The fourth-order valence-electron chi connectivity index (χ4n) is 3.06. The summed E-state index contributed by atoms with van der Waals surface area (Å²) in [4.78, 5) is 21.8. The van der Waals surface area contributed by atoms with Gasteiger partial charge >= 0.3 is 0 Å². The van der Waals surface area contributed by atoms with Crippen molar-refractivity contribution in [2.45, 2.75) is 39.5 Å². The minimum Gasteiger partial charge on any atom is -0.310 e. The molecule has 3 heterocycles. The van der Waals surface area contributed by atoms with Crippen LogP contribution in [-0.2, 0) is 16.6 Å². The number of amides is 1. The maximum Gasteiger partial charge on any atom is 0.231 e. The van der Waals surface area contributed by atoms with Gasteiger partial charge in [0.2, 0.25) is 5.91 Å². The summed E-state index contributed by atoms with van der Waals surface area (Å²) in [5, 5.41) is 10.5. The molecular formula is C24H25N5OS. The van der Waals surface area contributed by atoms with Gasteiger partial charge in [-0.15, -0.1) is 11.3 Å². The third-order valence-corrected chi connectivity index (χ3v) is 5.74. The van der Waals surface area contributed by atoms with Crippen LogP contribution < -0.4 is 5.32 Å². The molecule has 4 aromatic rings. The van der Waals surface area contributed by atoms with E-state index in [4.69, 9.17) is 0 Å². The largest absolute Gasteiger partial charge is 0.310 e. The molecule has 4 rings (SSSR count). The van der Waals surface area contributed by atoms with Gasteiger partial charge in [-0.2, -0.15) is 9.78 Å². The third-order valence-electron chi connectivity index (χ3n) is 4.80. The van der Waals surface area contributed by atoms with Crippen LogP contribution in [0.4, 0.5) is 5.82 Å². The van der Waals surface area contributed by atoms with Crippen molar-refractivity contribution >= 4 is 23.1 Å². The molecule has 0 saturated carbocycles. The number of aromatic nitrogens is 4. The predicted octanol–water partition coefficient (Wildman–Crippen LogP) is 5.18. The number of rotatable bonds is 5. The van der Waals surface area contributed by atoms with Crippen molar-refractivity contribution in [3.63, 3.8) is 0 Å². The zero-order valence-electron chi connectivity index (χ0n) is 18.1. The zero-order valence-corrected chi connectivity index (χ0v) is 18.9. The number of anilines is 1. The molecule has 0 spiro atoms. The van der Waals surface area contributed by atoms with E-state index >= 15 is 0 Å². The van der Waals surface area contributed by atoms with Gasteiger partial charge in [0.15, 0.2) is 5.82 Å². The molecule has 0 atom stereocenters. The average molecular weight is 432 g/mol. The molecule has 0 radical (unpaired) electrons. The normalized spacial score (nSPS) is 11.5. The first-order valence-electron chi connectivity index (χ1n) is 10.1. The maximum atomic E-state index is 12.8. The van der Waals surface area contributed by atoms with Crippen LogP contribution in [0.3, 0.4) is 0 Å². The highest BCUT2D eigenvalue weighted by molar-refractivity contribution is 7.13. The van der Waals surface area contributed by atoms with Gasteiger partial charge in [0, 0.05) is 28.6 Å². The van der Waals surface area contributed by atoms with Crippen molar-refractivity contribution in [2.75, 3.05) is 5.32 Å². The lowest BCUT2D eigenvalue weighted by atomic mass is 9.92. The summed E-state index contributed by atoms with van der Waals surface area (Å²) < 4.78 is 1.68. The first kappa shape index (κ1) is 20.9. The summed E-state index contributed by atoms with van der Waals surface area (Å²) in [5.41, 5.74) is 3.74. The number of nitrogens with zero attached hydrogens (tertiary/aromatic N) is 4. The molecule has 7 heteroatoms. The molecule has 1 aromatic carbocycles. The molecule has 0 fully saturated rings. The van der Waals surface area contributed by atoms with Crippen LogP contribution in [0.1, 0.15) is 37.7 Å². The monoisotopic (exact) mass is 431 g/mol. The number of aryl methyl sites for hydroxylation is 1. The number of carbonyl (C=O) groups is 1. The van der Waals surface area contributed by atoms with Gasteiger partial charge in [0.1, 0.15) is 10.8 Å². The van der Waals surface area contributed by atoms with E-state index in [1.165, 1.54) is 5.56 Å². The van der Waals surface area contributed by atoms with Gasteiger partial charge in [-0.3, -0.25) is 4.79 Å². The van der Waals surface area contributed by atoms with Crippen molar-refractivity contribution in [3.8, 4) is 16.4 Å². The number of carbonyl (C=O) groups excluding carboxylic acids is 1. The molecule has 0 aliphatic rings. The Bertz CT molecular complexity index is 1190. The summed E-state index contributed by atoms with van der Waals surface area (Å²) in [6, 6.07) is 15.8. The van der Waals surface area contributed by atoms with Crippen molar-refractivity contribution in [2.24, 2.45) is 0 Å². The lowest BCUT2D eigenvalue weighted by molar-refractivity contribution is -0.115. The number of hydrogen-bond donors (Lipinski definition) is 1. The van der Waals surface area contributed by atoms with Gasteiger partial charge in [0.05, 0.1) is 17.8 Å². The van der Waals surface area contributed by atoms with Crippen LogP contribution in [0.5, 0.6) is 0 Å². The summed E-state index contributed by atoms with van der Waals surface area (Å²) >= 11 is 1.55. The Kier molecular flexibility index (Phi) is 5.69. The average Bonchev–Trinajstić information content (AvgIpc) is 3.36. The van der Waals surface area contributed by atoms with Crippen molar-refractivity contribution in [3.05, 3.63) is 77.1 Å². The molecule has 0 aliphatic carbocycles. The van der Waals surface area contributed by atoms with E-state index in [-0.39, 0.29) is 17.7 Å². The highest BCUT2D eigenvalue weighted by atomic mass is 32.1. The SMILES string of the molecule is Cc1ccc(-c2nc(CC(=O)Nc3cc(C(C)(C)C)nn3-c3ccccn3)cs2)cc1. The minimum absolute atomic E-state index is 0.140. The third kappa shape index (κ3) is 4.88. The second-order valence-corrected chi connectivity index (χ2v) is 9.36. The van der Waals surface area contributed by atoms with Crippen LogP contribution in [-0.4, -0.2) is 25.7 Å². The summed E-state index contributed by atoms with van der Waals surface area (Å²) in [6.45, 7) is 8.32. The second-order valence-electron chi connectivity index (χ2n) is 8.50. The Hall–Kier alpha value is -3.32. The van der Waals surface area contributed by atoms with E-state index in [9.17, 15) is 4.79 Å². The molecule has 0 aliphatic heterocycles. The molecule has 158 valence electrons. The Labute approximate surface area is 186 Å². The minimum atomic E-state index is -0.155. The molecule has 0 unspecified atom stereocenters. The molecular weight excluding hydrogens is 406 g/mol. The second kappa shape index (κ2) is 8.43. The van der Waals surface area contributed by atoms with Crippen LogP contribution in [0.2, 0.25) is 0 Å². The number of pyridine rings is 1. The lowest BCUT2D eigenvalue weighted by Gasteiger charge is -2.13. The van der Waals surface area contributed by atoms with Crippen molar-refractivity contribution < 1.29 is 4.79 Å². The molecule has 31 heavy (non-hydrogen) atoms. The van der Waals surface area contributed by atoms with Gasteiger partial charge < -0.3 is 5.32 Å². The van der Waals surface area contributed by atoms with Crippen LogP contribution >= 0.6 is 11.3 Å². The summed E-state index contributed by atoms with van der Waals surface area (Å²) in [5.74, 6) is 1.12. The number of benzene rings is 1. The first-order valence-corrected chi connectivity index (χ1v) is 11.0. The molecule has 1 amide bonds. The molecule has 0 saturated heterocycles. The Morgan fingerprint density at radius 2 is 1.90 bits per heavy atom. The summed E-state index contributed by atoms with van der Waals surface area (Å²) in [6.07, 6.45) is 1.90. The Morgan fingerprint density at radius 1 is 1.13 bits per heavy atom. The number of hydrogen-bond acceptors (Lipinski definition) is 5. The first-order chi connectivity index (χ1) is 14.8. The van der Waals surface area contributed by atoms with Crippen LogP contribution in [0.15, 0.2) is 60.1 Å². The number of thiazole rings is 1. The van der Waals surface area contributed by atoms with Gasteiger partial charge in [-0.1, -0.05) is 56.7 Å². The fourth-order valence-corrected chi connectivity index (χ4v) is 3.88. The highest BCUT2D eigenvalue weighted by Gasteiger charge is 2.22. The van der Waals surface area contributed by atoms with E-state index in [1.54, 1.807) is 22.2 Å². The van der Waals surface area contributed by atoms with E-state index in [1.807, 2.05) is 29.6 Å². The van der Waals surface area contributed by atoms with E-state index in [0.717, 1.165) is 22.0 Å². The molecule has 6 nitrogen and oxygen atoms in total. The van der Waals surface area contributed by atoms with Gasteiger partial charge in [0.25, 0.3) is 0 Å². The zero-order chi connectivity index (χ0) is 22.0. The topological polar surface area (TPSA) is 72.7 Å². The maximum absolute atomic E-state index is 12.8. The van der Waals surface area contributed by atoms with E-state index < -0.39 is 0 Å². The smallest absolute Gasteiger partial charge is 0.231 e. The standard InChI is InChI=1S/C24H25N5OS/c1-16-8-10-17(11-9-16)23-26-18(15-31-23)13-22(30)27-21-14-19(24(2,3)4)28-29(21)20-7-5-6-12-25-20/h5-12,14-15H,13H2,1-4H3,(H,27,30). The Morgan fingerprint density at radius 3 is 2.58 bits per heavy atom. The predicted molar refractivity (Wildman–Crippen MR) is 125 cm³/mol. The van der Waals surface area contributed by atoms with E-state index in [0.29, 0.717) is 11.6 Å². The highest BCUT2D eigenvalue weighted by Crippen LogP contribution is 2.27. The van der Waals surface area contributed by atoms with Crippen molar-refractivity contribution in [1.82, 2.24) is 19.7 Å². The van der Waals surface area contributed by atoms with Gasteiger partial charge in [-0.25, -0.2) is 9.97 Å². The quantitative estimate of drug-likeness (QED) is 0.473. The van der Waals surface area contributed by atoms with E-state index in [2.05, 4.69) is 72.3 Å². The molecule has 1 N–H and O–H groups in total. The van der Waals surface area contributed by atoms with Gasteiger partial charge in [-0.05, 0) is 19.1 Å². The summed E-state index contributed by atoms with van der Waals surface area (Å²) in [7, 11) is 0. The Balaban J connectivity index is 1.53. The van der Waals surface area contributed by atoms with Crippen molar-refractivity contribution in [1.29, 1.82) is 0 Å². The molecule has 3 aromatic heterocycles. The fraction of sp³-hybridized carbons (Fsp3) is 0.250. The number of nitrogens with one attached hydrogen (secondary N) is 1.